The summed E-state index contributed by atoms with van der Waals surface area (Å²) in [4.78, 5) is 49.3. The maximum absolute atomic E-state index is 14.4. The summed E-state index contributed by atoms with van der Waals surface area (Å²) in [5.74, 6) is 2.21. The third-order valence-corrected chi connectivity index (χ3v) is 17.4. The highest BCUT2D eigenvalue weighted by molar-refractivity contribution is 8.77. The van der Waals surface area contributed by atoms with E-state index in [-0.39, 0.29) is 47.8 Å². The van der Waals surface area contributed by atoms with Crippen LogP contribution in [0.3, 0.4) is 0 Å². The molecule has 4 aliphatic rings. The zero-order chi connectivity index (χ0) is 54.8. The van der Waals surface area contributed by atoms with Gasteiger partial charge in [-0.05, 0) is 98.3 Å². The van der Waals surface area contributed by atoms with Gasteiger partial charge in [-0.3, -0.25) is 14.4 Å². The average Bonchev–Trinajstić information content (AvgIpc) is 4.13. The van der Waals surface area contributed by atoms with Gasteiger partial charge in [0, 0.05) is 92.7 Å². The second-order valence-electron chi connectivity index (χ2n) is 20.2. The van der Waals surface area contributed by atoms with Gasteiger partial charge >= 0.3 is 0 Å². The number of methoxy groups -OCH3 is 3. The van der Waals surface area contributed by atoms with Crippen molar-refractivity contribution in [3.63, 3.8) is 0 Å². The van der Waals surface area contributed by atoms with Crippen LogP contribution in [0.15, 0.2) is 96.1 Å². The summed E-state index contributed by atoms with van der Waals surface area (Å²) in [6, 6.07) is 29.8. The Hall–Kier alpha value is -6.64. The third-order valence-electron chi connectivity index (χ3n) is 14.1. The number of para-hydroxylation sites is 2. The first kappa shape index (κ1) is 56.1. The van der Waals surface area contributed by atoms with Crippen LogP contribution in [-0.4, -0.2) is 134 Å². The van der Waals surface area contributed by atoms with Gasteiger partial charge in [-0.1, -0.05) is 58.0 Å². The van der Waals surface area contributed by atoms with Crippen molar-refractivity contribution in [1.82, 2.24) is 5.43 Å². The number of anilines is 5. The molecule has 5 aromatic carbocycles. The summed E-state index contributed by atoms with van der Waals surface area (Å²) in [5.41, 5.74) is 11.9. The van der Waals surface area contributed by atoms with Gasteiger partial charge in [0.2, 0.25) is 5.91 Å². The van der Waals surface area contributed by atoms with E-state index in [0.717, 1.165) is 52.3 Å². The Balaban J connectivity index is 1.01. The summed E-state index contributed by atoms with van der Waals surface area (Å²) in [5, 5.41) is 7.42. The molecule has 0 aliphatic carbocycles. The van der Waals surface area contributed by atoms with Crippen LogP contribution < -0.4 is 49.3 Å². The highest BCUT2D eigenvalue weighted by atomic mass is 33.1. The van der Waals surface area contributed by atoms with E-state index in [1.54, 1.807) is 68.2 Å². The molecule has 2 atom stereocenters. The minimum Gasteiger partial charge on any atom is -0.493 e. The first-order valence-corrected chi connectivity index (χ1v) is 28.8. The Kier molecular flexibility index (Phi) is 18.6. The van der Waals surface area contributed by atoms with Gasteiger partial charge in [-0.15, -0.1) is 0 Å². The van der Waals surface area contributed by atoms with Crippen LogP contribution in [0, 0.1) is 0 Å². The molecule has 9 rings (SSSR count). The van der Waals surface area contributed by atoms with E-state index in [9.17, 15) is 14.4 Å². The maximum Gasteiger partial charge on any atom is 0.260 e. The lowest BCUT2D eigenvalue weighted by atomic mass is 10.1. The summed E-state index contributed by atoms with van der Waals surface area (Å²) in [6.45, 7) is 11.2. The number of carbonyl (C=O) groups is 3. The number of ether oxygens (including phenoxy) is 7. The van der Waals surface area contributed by atoms with Crippen LogP contribution in [0.1, 0.15) is 70.2 Å². The number of benzene rings is 5. The van der Waals surface area contributed by atoms with Gasteiger partial charge < -0.3 is 58.1 Å². The molecule has 0 fully saturated rings. The minimum absolute atomic E-state index is 0.0109. The van der Waals surface area contributed by atoms with Crippen LogP contribution in [0.5, 0.6) is 23.0 Å². The molecule has 0 aromatic heterocycles. The van der Waals surface area contributed by atoms with Crippen molar-refractivity contribution in [2.24, 2.45) is 5.10 Å². The van der Waals surface area contributed by atoms with Crippen molar-refractivity contribution in [2.75, 3.05) is 118 Å². The van der Waals surface area contributed by atoms with Crippen molar-refractivity contribution >= 4 is 74.0 Å². The number of hydrogen-bond acceptors (Lipinski definition) is 16. The van der Waals surface area contributed by atoms with Crippen LogP contribution in [0.25, 0.3) is 0 Å². The number of carbonyl (C=O) groups excluding carboxylic acids is 3. The predicted octanol–water partition coefficient (Wildman–Crippen LogP) is 9.04. The molecule has 0 spiro atoms. The summed E-state index contributed by atoms with van der Waals surface area (Å²) >= 11 is 0. The summed E-state index contributed by atoms with van der Waals surface area (Å²) in [6.07, 6.45) is 3.44. The number of rotatable bonds is 26. The third kappa shape index (κ3) is 13.1. The van der Waals surface area contributed by atoms with Crippen LogP contribution in [0.4, 0.5) is 28.4 Å². The molecule has 0 bridgehead atoms. The lowest BCUT2D eigenvalue weighted by Crippen LogP contribution is -2.41. The molecule has 19 heteroatoms. The predicted molar refractivity (Wildman–Crippen MR) is 311 cm³/mol. The second kappa shape index (κ2) is 25.9. The number of hydrogen-bond donors (Lipinski definition) is 2. The molecule has 2 N–H and O–H groups in total. The standard InChI is InChI=1S/C59H71N7O10S2/c1-8-61-62-56(67)17-24-77-78-59(2,3)38-64(18-19-73-22-23-74-21-20-70-5)43-26-39(36-75-54-32-48-46(30-52(54)71-6)57(68)65-44(34-60-48)28-41-13-9-11-15-49(41)65)25-40(27-43)37-76-55-33-51-47(31-53(55)72-7)58(69)66-45(35-63(51)4)29-42-14-10-12-16-50(42)66/h8-16,25-27,30-33,44-45,60H,17-24,28-29,34-38H2,1-7H3,(H,62,67)/t44-,45-/m0/s1. The monoisotopic (exact) mass is 1100 g/mol. The molecule has 4 heterocycles. The first-order chi connectivity index (χ1) is 37.9. The Morgan fingerprint density at radius 3 is 2.03 bits per heavy atom. The molecule has 414 valence electrons. The normalized spacial score (nSPS) is 16.3. The van der Waals surface area contributed by atoms with Gasteiger partial charge in [0.1, 0.15) is 13.2 Å². The van der Waals surface area contributed by atoms with Crippen molar-refractivity contribution in [1.29, 1.82) is 0 Å². The van der Waals surface area contributed by atoms with Crippen LogP contribution >= 0.6 is 21.6 Å². The quantitative estimate of drug-likeness (QED) is 0.0233. The Labute approximate surface area is 465 Å². The SMILES string of the molecule is CC=NNC(=O)CCSSC(C)(C)CN(CCOCCOCCOC)c1cc(COc2cc3c(cc2OC)C(=O)N2c4ccccc4C[C@H]2CN3)cc(COc2cc3c(cc2OC)C(=O)N2c4ccccc4C[C@H]2CN3C)c1. The molecule has 78 heavy (non-hydrogen) atoms. The molecule has 3 amide bonds. The highest BCUT2D eigenvalue weighted by Gasteiger charge is 2.40. The van der Waals surface area contributed by atoms with E-state index in [0.29, 0.717) is 111 Å². The second-order valence-corrected chi connectivity index (χ2v) is 23.3. The molecule has 0 radical (unpaired) electrons. The number of nitrogens with one attached hydrogen (secondary N) is 2. The van der Waals surface area contributed by atoms with Crippen LogP contribution in [0.2, 0.25) is 0 Å². The maximum atomic E-state index is 14.4. The lowest BCUT2D eigenvalue weighted by Gasteiger charge is -2.34. The van der Waals surface area contributed by atoms with Gasteiger partial charge in [-0.2, -0.15) is 5.10 Å². The van der Waals surface area contributed by atoms with E-state index in [1.807, 2.05) is 65.4 Å². The molecule has 4 aliphatic heterocycles. The number of nitrogens with zero attached hydrogens (tertiary/aromatic N) is 5. The van der Waals surface area contributed by atoms with Gasteiger partial charge in [0.25, 0.3) is 11.8 Å². The van der Waals surface area contributed by atoms with Crippen molar-refractivity contribution < 1.29 is 47.5 Å². The fourth-order valence-electron chi connectivity index (χ4n) is 10.5. The number of likely N-dealkylation sites (N-methyl/N-ethyl adjacent to an activating group) is 1. The number of fused-ring (bicyclic) bond motifs is 8. The van der Waals surface area contributed by atoms with Gasteiger partial charge in [0.15, 0.2) is 23.0 Å². The topological polar surface area (TPSA) is 165 Å². The highest BCUT2D eigenvalue weighted by Crippen LogP contribution is 2.44. The summed E-state index contributed by atoms with van der Waals surface area (Å²) < 4.78 is 42.0. The van der Waals surface area contributed by atoms with Gasteiger partial charge in [0.05, 0.1) is 81.8 Å². The fraction of sp³-hybridized carbons (Fsp3) is 0.424. The van der Waals surface area contributed by atoms with E-state index in [4.69, 9.17) is 33.2 Å². The van der Waals surface area contributed by atoms with E-state index >= 15 is 0 Å². The zero-order valence-corrected chi connectivity index (χ0v) is 47.3. The van der Waals surface area contributed by atoms with E-state index in [1.165, 1.54) is 5.56 Å². The van der Waals surface area contributed by atoms with Crippen molar-refractivity contribution in [3.8, 4) is 23.0 Å². The molecular formula is C59H71N7O10S2. The zero-order valence-electron chi connectivity index (χ0n) is 45.6. The Morgan fingerprint density at radius 1 is 0.756 bits per heavy atom. The smallest absolute Gasteiger partial charge is 0.260 e. The fourth-order valence-corrected chi connectivity index (χ4v) is 13.0. The number of hydrazone groups is 1. The Bertz CT molecular complexity index is 2980. The minimum atomic E-state index is -0.290. The summed E-state index contributed by atoms with van der Waals surface area (Å²) in [7, 11) is 10.2. The number of amides is 3. The first-order valence-electron chi connectivity index (χ1n) is 26.5. The Morgan fingerprint density at radius 2 is 1.36 bits per heavy atom. The molecular weight excluding hydrogens is 1030 g/mol. The molecule has 0 saturated carbocycles. The molecule has 17 nitrogen and oxygen atoms in total. The molecule has 5 aromatic rings. The van der Waals surface area contributed by atoms with Crippen molar-refractivity contribution in [2.45, 2.75) is 70.1 Å². The van der Waals surface area contributed by atoms with Gasteiger partial charge in [-0.25, -0.2) is 5.43 Å². The van der Waals surface area contributed by atoms with E-state index in [2.05, 4.69) is 69.8 Å². The largest absolute Gasteiger partial charge is 0.493 e. The average molecular weight is 1100 g/mol. The molecule has 0 saturated heterocycles. The molecule has 0 unspecified atom stereocenters. The van der Waals surface area contributed by atoms with E-state index < -0.39 is 0 Å². The lowest BCUT2D eigenvalue weighted by molar-refractivity contribution is -0.120. The van der Waals surface area contributed by atoms with Crippen molar-refractivity contribution in [3.05, 3.63) is 124 Å². The van der Waals surface area contributed by atoms with Crippen LogP contribution in [-0.2, 0) is 45.1 Å².